The van der Waals surface area contributed by atoms with Crippen LogP contribution in [0.1, 0.15) is 24.0 Å². The first kappa shape index (κ1) is 27.6. The van der Waals surface area contributed by atoms with Crippen molar-refractivity contribution in [1.82, 2.24) is 19.1 Å². The number of sulfonamides is 1. The Morgan fingerprint density at radius 1 is 0.941 bits per heavy atom. The van der Waals surface area contributed by atoms with E-state index in [2.05, 4.69) is 15.0 Å². The van der Waals surface area contributed by atoms with E-state index < -0.39 is 15.6 Å². The zero-order valence-corrected chi connectivity index (χ0v) is 21.7. The summed E-state index contributed by atoms with van der Waals surface area (Å²) in [6.07, 6.45) is 1.40. The number of azo groups is 1. The minimum absolute atomic E-state index is 0.0622. The summed E-state index contributed by atoms with van der Waals surface area (Å²) in [6, 6.07) is 5.99. The molecule has 0 bridgehead atoms. The van der Waals surface area contributed by atoms with Gasteiger partial charge in [0.15, 0.2) is 11.6 Å². The Morgan fingerprint density at radius 2 is 1.53 bits per heavy atom. The minimum atomic E-state index is -3.61. The molecule has 0 spiro atoms. The predicted octanol–water partition coefficient (Wildman–Crippen LogP) is 2.77. The van der Waals surface area contributed by atoms with Gasteiger partial charge in [-0.25, -0.2) is 13.1 Å². The summed E-state index contributed by atoms with van der Waals surface area (Å²) in [6.45, 7) is 5.72. The number of nitrogens with zero attached hydrogens (tertiary/aromatic N) is 5. The molecule has 34 heavy (non-hydrogen) atoms. The van der Waals surface area contributed by atoms with Gasteiger partial charge in [-0.05, 0) is 97.8 Å². The van der Waals surface area contributed by atoms with Gasteiger partial charge in [-0.2, -0.15) is 5.11 Å². The maximum absolute atomic E-state index is 13.0. The van der Waals surface area contributed by atoms with Crippen LogP contribution in [0.5, 0.6) is 5.88 Å². The van der Waals surface area contributed by atoms with E-state index in [9.17, 15) is 18.3 Å². The highest BCUT2D eigenvalue weighted by molar-refractivity contribution is 7.89. The number of aromatic nitrogens is 1. The van der Waals surface area contributed by atoms with Crippen molar-refractivity contribution in [1.29, 1.82) is 0 Å². The van der Waals surface area contributed by atoms with Crippen LogP contribution in [0.2, 0.25) is 0 Å². The highest BCUT2D eigenvalue weighted by atomic mass is 32.2. The van der Waals surface area contributed by atoms with Crippen molar-refractivity contribution in [3.05, 3.63) is 45.7 Å². The number of hydrogen-bond donors (Lipinski definition) is 2. The maximum atomic E-state index is 13.0. The van der Waals surface area contributed by atoms with Crippen LogP contribution in [0.4, 0.5) is 11.4 Å². The number of rotatable bonds is 12. The molecule has 0 atom stereocenters. The van der Waals surface area contributed by atoms with E-state index in [1.807, 2.05) is 38.0 Å². The van der Waals surface area contributed by atoms with E-state index in [4.69, 9.17) is 0 Å². The summed E-state index contributed by atoms with van der Waals surface area (Å²) in [5.41, 5.74) is 1.27. The molecule has 2 aromatic rings. The standard InChI is InChI=1S/C23H36N6O4S/c1-17-18(2)22(30)29(16-8-15-28(5)6)23(31)21(17)26-25-19-9-11-20(12-10-19)34(32,33)24-13-7-14-27(3)4/h9-12,24,30H,7-8,13-16H2,1-6H3. The Bertz CT molecular complexity index is 1160. The third-order valence-corrected chi connectivity index (χ3v) is 6.91. The van der Waals surface area contributed by atoms with Gasteiger partial charge in [0.05, 0.1) is 10.6 Å². The zero-order valence-electron chi connectivity index (χ0n) is 20.9. The van der Waals surface area contributed by atoms with Gasteiger partial charge in [0.25, 0.3) is 5.56 Å². The molecule has 11 heteroatoms. The number of nitrogens with one attached hydrogen (secondary N) is 1. The van der Waals surface area contributed by atoms with Crippen LogP contribution in [0.3, 0.4) is 0 Å². The normalized spacial score (nSPS) is 12.4. The molecule has 0 aliphatic carbocycles. The zero-order chi connectivity index (χ0) is 25.5. The number of pyridine rings is 1. The Hall–Kier alpha value is -2.60. The summed E-state index contributed by atoms with van der Waals surface area (Å²) in [7, 11) is 4.15. The van der Waals surface area contributed by atoms with E-state index >= 15 is 0 Å². The van der Waals surface area contributed by atoms with Crippen molar-refractivity contribution >= 4 is 21.4 Å². The van der Waals surface area contributed by atoms with Crippen LogP contribution < -0.4 is 10.3 Å². The molecule has 2 rings (SSSR count). The molecule has 1 aromatic heterocycles. The third kappa shape index (κ3) is 7.45. The second-order valence-electron chi connectivity index (χ2n) is 8.78. The van der Waals surface area contributed by atoms with Gasteiger partial charge in [0.1, 0.15) is 0 Å². The third-order valence-electron chi connectivity index (χ3n) is 5.43. The van der Waals surface area contributed by atoms with E-state index in [0.717, 1.165) is 13.1 Å². The largest absolute Gasteiger partial charge is 0.494 e. The maximum Gasteiger partial charge on any atom is 0.281 e. The van der Waals surface area contributed by atoms with Crippen molar-refractivity contribution in [2.45, 2.75) is 38.1 Å². The van der Waals surface area contributed by atoms with Crippen molar-refractivity contribution in [2.75, 3.05) is 47.8 Å². The lowest BCUT2D eigenvalue weighted by Gasteiger charge is -2.15. The Labute approximate surface area is 202 Å². The van der Waals surface area contributed by atoms with Gasteiger partial charge in [-0.1, -0.05) is 0 Å². The molecule has 0 aliphatic rings. The topological polar surface area (TPSA) is 120 Å². The lowest BCUT2D eigenvalue weighted by Crippen LogP contribution is -2.27. The quantitative estimate of drug-likeness (QED) is 0.347. The molecule has 10 nitrogen and oxygen atoms in total. The number of hydrogen-bond acceptors (Lipinski definition) is 8. The molecule has 0 amide bonds. The van der Waals surface area contributed by atoms with Crippen LogP contribution >= 0.6 is 0 Å². The number of benzene rings is 1. The molecule has 1 heterocycles. The second-order valence-corrected chi connectivity index (χ2v) is 10.6. The predicted molar refractivity (Wildman–Crippen MR) is 134 cm³/mol. The van der Waals surface area contributed by atoms with Gasteiger partial charge in [0.2, 0.25) is 10.0 Å². The van der Waals surface area contributed by atoms with Crippen molar-refractivity contribution in [2.24, 2.45) is 10.2 Å². The molecule has 188 valence electrons. The van der Waals surface area contributed by atoms with Gasteiger partial charge in [-0.3, -0.25) is 9.36 Å². The summed E-state index contributed by atoms with van der Waals surface area (Å²) in [5.74, 6) is -0.0622. The SMILES string of the molecule is Cc1c(C)c(O)n(CCCN(C)C)c(=O)c1N=Nc1ccc(S(=O)(=O)NCCCN(C)C)cc1. The first-order chi connectivity index (χ1) is 15.9. The van der Waals surface area contributed by atoms with Crippen LogP contribution in [0.25, 0.3) is 0 Å². The fraction of sp³-hybridized carbons (Fsp3) is 0.522. The lowest BCUT2D eigenvalue weighted by atomic mass is 10.1. The smallest absolute Gasteiger partial charge is 0.281 e. The first-order valence-electron chi connectivity index (χ1n) is 11.2. The van der Waals surface area contributed by atoms with E-state index in [-0.39, 0.29) is 16.5 Å². The van der Waals surface area contributed by atoms with E-state index in [1.165, 1.54) is 28.8 Å². The monoisotopic (exact) mass is 492 g/mol. The van der Waals surface area contributed by atoms with Gasteiger partial charge >= 0.3 is 0 Å². The van der Waals surface area contributed by atoms with Crippen molar-refractivity contribution in [3.8, 4) is 5.88 Å². The van der Waals surface area contributed by atoms with Gasteiger partial charge in [-0.15, -0.1) is 5.11 Å². The van der Waals surface area contributed by atoms with Crippen LogP contribution in [0, 0.1) is 13.8 Å². The highest BCUT2D eigenvalue weighted by Crippen LogP contribution is 2.27. The van der Waals surface area contributed by atoms with Gasteiger partial charge < -0.3 is 14.9 Å². The minimum Gasteiger partial charge on any atom is -0.494 e. The molecule has 0 aliphatic heterocycles. The molecule has 0 saturated heterocycles. The summed E-state index contributed by atoms with van der Waals surface area (Å²) in [5, 5.41) is 18.7. The van der Waals surface area contributed by atoms with Crippen LogP contribution in [0.15, 0.2) is 44.2 Å². The lowest BCUT2D eigenvalue weighted by molar-refractivity contribution is 0.360. The fourth-order valence-corrected chi connectivity index (χ4v) is 4.36. The highest BCUT2D eigenvalue weighted by Gasteiger charge is 2.17. The molecule has 0 saturated carbocycles. The van der Waals surface area contributed by atoms with E-state index in [1.54, 1.807) is 13.8 Å². The van der Waals surface area contributed by atoms with Gasteiger partial charge in [0, 0.05) is 18.7 Å². The summed E-state index contributed by atoms with van der Waals surface area (Å²) >= 11 is 0. The average molecular weight is 493 g/mol. The van der Waals surface area contributed by atoms with Crippen LogP contribution in [-0.2, 0) is 16.6 Å². The average Bonchev–Trinajstić information content (AvgIpc) is 2.77. The van der Waals surface area contributed by atoms with Crippen molar-refractivity contribution < 1.29 is 13.5 Å². The number of aromatic hydroxyl groups is 1. The molecule has 0 unspecified atom stereocenters. The molecule has 2 N–H and O–H groups in total. The summed E-state index contributed by atoms with van der Waals surface area (Å²) < 4.78 is 28.8. The summed E-state index contributed by atoms with van der Waals surface area (Å²) in [4.78, 5) is 17.1. The molecular formula is C23H36N6O4S. The molecule has 0 radical (unpaired) electrons. The van der Waals surface area contributed by atoms with E-state index in [0.29, 0.717) is 42.7 Å². The Balaban J connectivity index is 2.20. The molecule has 0 fully saturated rings. The Kier molecular flexibility index (Phi) is 9.92. The van der Waals surface area contributed by atoms with Crippen LogP contribution in [-0.4, -0.2) is 75.7 Å². The molecular weight excluding hydrogens is 456 g/mol. The Morgan fingerprint density at radius 3 is 2.12 bits per heavy atom. The fourth-order valence-electron chi connectivity index (χ4n) is 3.29. The first-order valence-corrected chi connectivity index (χ1v) is 12.7. The molecule has 1 aromatic carbocycles. The van der Waals surface area contributed by atoms with Crippen molar-refractivity contribution in [3.63, 3.8) is 0 Å². The second kappa shape index (κ2) is 12.2.